The van der Waals surface area contributed by atoms with Crippen molar-refractivity contribution in [2.45, 2.75) is 17.7 Å². The Balaban J connectivity index is 0.00000272. The molecule has 0 atom stereocenters. The van der Waals surface area contributed by atoms with Crippen molar-refractivity contribution in [3.05, 3.63) is 78.1 Å². The smallest absolute Gasteiger partial charge is 0.238 e. The molecular weight excluding hydrogens is 402 g/mol. The summed E-state index contributed by atoms with van der Waals surface area (Å²) in [6, 6.07) is 15.5. The van der Waals surface area contributed by atoms with Crippen LogP contribution in [0, 0.1) is 0 Å². The van der Waals surface area contributed by atoms with Gasteiger partial charge in [-0.15, -0.1) is 5.11 Å². The number of nitrogens with one attached hydrogen (secondary N) is 1. The van der Waals surface area contributed by atoms with E-state index in [1.165, 1.54) is 29.8 Å². The average molecular weight is 423 g/mol. The minimum Gasteiger partial charge on any atom is -0.493 e. The molecule has 0 aliphatic carbocycles. The molecule has 4 N–H and O–H groups in total. The molecule has 9 heteroatoms. The van der Waals surface area contributed by atoms with E-state index in [1.807, 2.05) is 30.3 Å². The van der Waals surface area contributed by atoms with Gasteiger partial charge in [0.05, 0.1) is 16.1 Å². The predicted molar refractivity (Wildman–Crippen MR) is 116 cm³/mol. The zero-order valence-electron chi connectivity index (χ0n) is 15.9. The average Bonchev–Trinajstić information content (AvgIpc) is 3.06. The van der Waals surface area contributed by atoms with E-state index >= 15 is 0 Å². The Labute approximate surface area is 174 Å². The van der Waals surface area contributed by atoms with Crippen molar-refractivity contribution < 1.29 is 15.0 Å². The first kappa shape index (κ1) is 19.7. The molecular formula is C21H21N5O3S. The minimum absolute atomic E-state index is 0. The molecule has 8 nitrogen and oxygen atoms in total. The summed E-state index contributed by atoms with van der Waals surface area (Å²) in [7, 11) is -3.77. The van der Waals surface area contributed by atoms with Gasteiger partial charge in [-0.1, -0.05) is 12.1 Å². The van der Waals surface area contributed by atoms with Gasteiger partial charge < -0.3 is 10.1 Å². The number of H-pyrrole nitrogens is 1. The third kappa shape index (κ3) is 4.22. The number of aryl methyl sites for hydroxylation is 2. The van der Waals surface area contributed by atoms with Crippen molar-refractivity contribution in [2.75, 3.05) is 0 Å². The zero-order chi connectivity index (χ0) is 21.1. The van der Waals surface area contributed by atoms with Crippen LogP contribution >= 0.6 is 0 Å². The van der Waals surface area contributed by atoms with Crippen molar-refractivity contribution in [2.24, 2.45) is 15.4 Å². The third-order valence-electron chi connectivity index (χ3n) is 4.73. The summed E-state index contributed by atoms with van der Waals surface area (Å²) in [6.07, 6.45) is 5.10. The number of primary sulfonamides is 1. The normalized spacial score (nSPS) is 12.0. The van der Waals surface area contributed by atoms with Gasteiger partial charge in [0.15, 0.2) is 5.69 Å². The van der Waals surface area contributed by atoms with Gasteiger partial charge >= 0.3 is 0 Å². The molecule has 2 aromatic carbocycles. The maximum atomic E-state index is 11.4. The van der Waals surface area contributed by atoms with E-state index in [0.29, 0.717) is 11.4 Å². The second kappa shape index (κ2) is 8.05. The Bertz CT molecular complexity index is 1320. The van der Waals surface area contributed by atoms with Crippen molar-refractivity contribution in [3.63, 3.8) is 0 Å². The zero-order valence-corrected chi connectivity index (χ0v) is 16.7. The van der Waals surface area contributed by atoms with Crippen LogP contribution in [0.5, 0.6) is 5.88 Å². The fourth-order valence-corrected chi connectivity index (χ4v) is 3.75. The molecule has 4 rings (SSSR count). The Morgan fingerprint density at radius 1 is 1.00 bits per heavy atom. The number of aromatic nitrogens is 2. The lowest BCUT2D eigenvalue weighted by Gasteiger charge is -2.05. The van der Waals surface area contributed by atoms with Gasteiger partial charge in [-0.25, -0.2) is 13.6 Å². The Morgan fingerprint density at radius 3 is 2.43 bits per heavy atom. The van der Waals surface area contributed by atoms with Crippen LogP contribution in [-0.4, -0.2) is 23.5 Å². The first-order chi connectivity index (χ1) is 14.4. The van der Waals surface area contributed by atoms with Crippen molar-refractivity contribution in [3.8, 4) is 5.88 Å². The minimum atomic E-state index is -3.77. The number of nitrogens with two attached hydrogens (primary N) is 1. The molecule has 2 aromatic heterocycles. The van der Waals surface area contributed by atoms with E-state index in [2.05, 4.69) is 20.2 Å². The van der Waals surface area contributed by atoms with Crippen LogP contribution < -0.4 is 5.14 Å². The maximum Gasteiger partial charge on any atom is 0.238 e. The van der Waals surface area contributed by atoms with E-state index in [-0.39, 0.29) is 12.2 Å². The largest absolute Gasteiger partial charge is 0.493 e. The highest BCUT2D eigenvalue weighted by atomic mass is 32.2. The van der Waals surface area contributed by atoms with Crippen molar-refractivity contribution >= 4 is 32.3 Å². The van der Waals surface area contributed by atoms with Gasteiger partial charge in [0.25, 0.3) is 0 Å². The van der Waals surface area contributed by atoms with Gasteiger partial charge in [0.2, 0.25) is 15.9 Å². The molecule has 0 spiro atoms. The van der Waals surface area contributed by atoms with Gasteiger partial charge in [-0.05, 0) is 66.4 Å². The summed E-state index contributed by atoms with van der Waals surface area (Å²) in [6.45, 7) is 0. The number of hydrogen-bond donors (Lipinski definition) is 3. The number of nitrogens with zero attached hydrogens (tertiary/aromatic N) is 3. The molecule has 0 aliphatic heterocycles. The monoisotopic (exact) mass is 423 g/mol. The molecule has 0 amide bonds. The Morgan fingerprint density at radius 2 is 1.73 bits per heavy atom. The topological polar surface area (TPSA) is 134 Å². The molecule has 0 fully saturated rings. The van der Waals surface area contributed by atoms with E-state index < -0.39 is 10.0 Å². The summed E-state index contributed by atoms with van der Waals surface area (Å²) in [5, 5.41) is 24.6. The molecule has 0 aliphatic rings. The summed E-state index contributed by atoms with van der Waals surface area (Å²) < 4.78 is 22.7. The summed E-state index contributed by atoms with van der Waals surface area (Å²) in [5.74, 6) is -0.0775. The first-order valence-electron chi connectivity index (χ1n) is 9.18. The Kier molecular flexibility index (Phi) is 5.30. The number of benzene rings is 2. The number of hydrogen-bond acceptors (Lipinski definition) is 6. The highest BCUT2D eigenvalue weighted by Gasteiger charge is 2.14. The highest BCUT2D eigenvalue weighted by Crippen LogP contribution is 2.38. The second-order valence-electron chi connectivity index (χ2n) is 6.76. The predicted octanol–water partition coefficient (Wildman–Crippen LogP) is 4.36. The molecule has 2 heterocycles. The van der Waals surface area contributed by atoms with Crippen LogP contribution in [0.1, 0.15) is 12.6 Å². The number of aromatic amines is 1. The second-order valence-corrected chi connectivity index (χ2v) is 8.32. The molecule has 0 unspecified atom stereocenters. The van der Waals surface area contributed by atoms with Gasteiger partial charge in [-0.2, -0.15) is 5.11 Å². The molecule has 0 saturated carbocycles. The quantitative estimate of drug-likeness (QED) is 0.397. The fourth-order valence-electron chi connectivity index (χ4n) is 3.23. The van der Waals surface area contributed by atoms with Crippen LogP contribution in [0.25, 0.3) is 10.9 Å². The van der Waals surface area contributed by atoms with Crippen LogP contribution in [0.3, 0.4) is 0 Å². The van der Waals surface area contributed by atoms with Gasteiger partial charge in [0, 0.05) is 19.2 Å². The summed E-state index contributed by atoms with van der Waals surface area (Å²) in [5.41, 5.74) is 3.73. The highest BCUT2D eigenvalue weighted by molar-refractivity contribution is 7.89. The molecule has 30 heavy (non-hydrogen) atoms. The fraction of sp³-hybridized carbons (Fsp3) is 0.0952. The van der Waals surface area contributed by atoms with Gasteiger partial charge in [0.1, 0.15) is 0 Å². The number of fused-ring (bicyclic) bond motifs is 1. The van der Waals surface area contributed by atoms with E-state index in [9.17, 15) is 13.5 Å². The molecule has 0 radical (unpaired) electrons. The third-order valence-corrected chi connectivity index (χ3v) is 5.66. The summed E-state index contributed by atoms with van der Waals surface area (Å²) >= 11 is 0. The number of rotatable bonds is 6. The lowest BCUT2D eigenvalue weighted by atomic mass is 10.0. The molecule has 4 aromatic rings. The lowest BCUT2D eigenvalue weighted by Crippen LogP contribution is -2.11. The number of sulfonamides is 1. The van der Waals surface area contributed by atoms with Gasteiger partial charge in [-0.3, -0.25) is 4.98 Å². The SMILES string of the molecule is NS(=O)(=O)c1ccc(N=Nc2c(O)[nH]c3cccc(CCc4ccncc4)c23)cc1.[HH]. The first-order valence-corrected chi connectivity index (χ1v) is 10.7. The molecule has 0 saturated heterocycles. The van der Waals surface area contributed by atoms with Crippen molar-refractivity contribution in [1.29, 1.82) is 0 Å². The van der Waals surface area contributed by atoms with Crippen LogP contribution in [-0.2, 0) is 22.9 Å². The lowest BCUT2D eigenvalue weighted by molar-refractivity contribution is 0.459. The number of aromatic hydroxyl groups is 1. The van der Waals surface area contributed by atoms with E-state index in [1.54, 1.807) is 12.4 Å². The van der Waals surface area contributed by atoms with E-state index in [4.69, 9.17) is 5.14 Å². The van der Waals surface area contributed by atoms with Crippen molar-refractivity contribution in [1.82, 2.24) is 9.97 Å². The maximum absolute atomic E-state index is 11.4. The summed E-state index contributed by atoms with van der Waals surface area (Å²) in [4.78, 5) is 6.96. The molecule has 0 bridgehead atoms. The van der Waals surface area contributed by atoms with Crippen LogP contribution in [0.2, 0.25) is 0 Å². The number of azo groups is 1. The Hall–Kier alpha value is -3.56. The van der Waals surface area contributed by atoms with E-state index in [0.717, 1.165) is 29.3 Å². The molecule has 154 valence electrons. The standard InChI is InChI=1S/C21H19N5O3S.H2/c22-30(28,29)17-8-6-16(7-9-17)25-26-20-19-15(2-1-3-18(19)24-21(20)27)5-4-14-10-12-23-13-11-14;/h1-3,6-13,24,27H,4-5H2,(H2,22,28,29);1H. The number of pyridine rings is 1. The van der Waals surface area contributed by atoms with Crippen LogP contribution in [0.15, 0.2) is 82.1 Å². The van der Waals surface area contributed by atoms with Crippen LogP contribution in [0.4, 0.5) is 11.4 Å².